The maximum absolute atomic E-state index is 14.1. The number of halogens is 1. The maximum Gasteiger partial charge on any atom is 0.222 e. The predicted octanol–water partition coefficient (Wildman–Crippen LogP) is 3.33. The van der Waals surface area contributed by atoms with Crippen molar-refractivity contribution in [2.24, 2.45) is 0 Å². The fourth-order valence-electron chi connectivity index (χ4n) is 3.16. The summed E-state index contributed by atoms with van der Waals surface area (Å²) >= 11 is 0. The molecule has 1 saturated heterocycles. The molecule has 0 saturated carbocycles. The number of carbonyl (C=O) groups excluding carboxylic acids is 1. The monoisotopic (exact) mass is 301 g/mol. The maximum atomic E-state index is 14.1. The number of H-pyrrole nitrogens is 1. The molecule has 0 bridgehead atoms. The lowest BCUT2D eigenvalue weighted by Gasteiger charge is -2.32. The number of carbonyl (C=O) groups is 1. The van der Waals surface area contributed by atoms with E-state index in [2.05, 4.69) is 10.2 Å². The van der Waals surface area contributed by atoms with Crippen LogP contribution in [-0.2, 0) is 4.79 Å². The molecular weight excluding hydrogens is 281 g/mol. The molecule has 1 aliphatic heterocycles. The van der Waals surface area contributed by atoms with E-state index in [1.54, 1.807) is 18.3 Å². The number of likely N-dealkylation sites (tertiary alicyclic amines) is 1. The lowest BCUT2D eigenvalue weighted by atomic mass is 9.90. The van der Waals surface area contributed by atoms with Gasteiger partial charge < -0.3 is 4.90 Å². The van der Waals surface area contributed by atoms with Gasteiger partial charge in [0, 0.05) is 42.2 Å². The third kappa shape index (κ3) is 2.75. The normalized spacial score (nSPS) is 18.5. The Morgan fingerprint density at radius 2 is 2.23 bits per heavy atom. The molecule has 1 N–H and O–H groups in total. The molecule has 0 radical (unpaired) electrons. The van der Waals surface area contributed by atoms with Gasteiger partial charge in [-0.3, -0.25) is 9.89 Å². The minimum absolute atomic E-state index is 0.177. The van der Waals surface area contributed by atoms with E-state index in [0.29, 0.717) is 18.5 Å². The van der Waals surface area contributed by atoms with Crippen molar-refractivity contribution in [2.75, 3.05) is 13.1 Å². The second kappa shape index (κ2) is 6.30. The van der Waals surface area contributed by atoms with Gasteiger partial charge in [0.25, 0.3) is 0 Å². The number of rotatable bonds is 3. The van der Waals surface area contributed by atoms with Gasteiger partial charge in [0.05, 0.1) is 6.20 Å². The molecule has 1 amide bonds. The number of aromatic amines is 1. The molecule has 3 rings (SSSR count). The number of nitrogens with zero attached hydrogens (tertiary/aromatic N) is 2. The van der Waals surface area contributed by atoms with Crippen LogP contribution >= 0.6 is 0 Å². The summed E-state index contributed by atoms with van der Waals surface area (Å²) in [4.78, 5) is 13.8. The minimum atomic E-state index is -0.248. The number of hydrogen-bond acceptors (Lipinski definition) is 2. The Kier molecular flexibility index (Phi) is 4.22. The standard InChI is InChI=1S/C17H20FN3O/c1-2-16(22)21-9-5-6-12(11-21)17-14(10-19-20-17)13-7-3-4-8-15(13)18/h3-4,7-8,10,12H,2,5-6,9,11H2,1H3,(H,19,20). The van der Waals surface area contributed by atoms with Gasteiger partial charge >= 0.3 is 0 Å². The predicted molar refractivity (Wildman–Crippen MR) is 82.8 cm³/mol. The van der Waals surface area contributed by atoms with Crippen LogP contribution in [0.4, 0.5) is 4.39 Å². The second-order valence-electron chi connectivity index (χ2n) is 5.71. The number of aromatic nitrogens is 2. The Balaban J connectivity index is 1.89. The van der Waals surface area contributed by atoms with Crippen molar-refractivity contribution in [3.05, 3.63) is 42.0 Å². The fourth-order valence-corrected chi connectivity index (χ4v) is 3.16. The van der Waals surface area contributed by atoms with Gasteiger partial charge in [-0.15, -0.1) is 0 Å². The largest absolute Gasteiger partial charge is 0.342 e. The summed E-state index contributed by atoms with van der Waals surface area (Å²) in [6.45, 7) is 3.37. The van der Waals surface area contributed by atoms with Crippen LogP contribution in [0, 0.1) is 5.82 Å². The van der Waals surface area contributed by atoms with Gasteiger partial charge in [-0.1, -0.05) is 25.1 Å². The molecule has 4 nitrogen and oxygen atoms in total. The van der Waals surface area contributed by atoms with E-state index in [1.165, 1.54) is 6.07 Å². The number of amides is 1. The van der Waals surface area contributed by atoms with Crippen molar-refractivity contribution < 1.29 is 9.18 Å². The Morgan fingerprint density at radius 3 is 3.00 bits per heavy atom. The molecule has 2 aromatic rings. The van der Waals surface area contributed by atoms with Crippen LogP contribution < -0.4 is 0 Å². The summed E-state index contributed by atoms with van der Waals surface area (Å²) in [5.74, 6) is 0.112. The second-order valence-corrected chi connectivity index (χ2v) is 5.71. The van der Waals surface area contributed by atoms with Crippen LogP contribution in [0.2, 0.25) is 0 Å². The molecule has 1 aromatic heterocycles. The van der Waals surface area contributed by atoms with Crippen molar-refractivity contribution in [3.8, 4) is 11.1 Å². The zero-order valence-corrected chi connectivity index (χ0v) is 12.7. The first kappa shape index (κ1) is 14.8. The summed E-state index contributed by atoms with van der Waals surface area (Å²) in [6.07, 6.45) is 4.15. The number of benzene rings is 1. The number of hydrogen-bond donors (Lipinski definition) is 1. The highest BCUT2D eigenvalue weighted by molar-refractivity contribution is 5.76. The molecule has 2 heterocycles. The van der Waals surface area contributed by atoms with Crippen molar-refractivity contribution in [3.63, 3.8) is 0 Å². The summed E-state index contributed by atoms with van der Waals surface area (Å²) in [6, 6.07) is 6.73. The first-order valence-corrected chi connectivity index (χ1v) is 7.76. The molecule has 0 aliphatic carbocycles. The average Bonchev–Trinajstić information content (AvgIpc) is 3.04. The average molecular weight is 301 g/mol. The van der Waals surface area contributed by atoms with E-state index in [-0.39, 0.29) is 17.6 Å². The van der Waals surface area contributed by atoms with Crippen molar-refractivity contribution in [2.45, 2.75) is 32.1 Å². The van der Waals surface area contributed by atoms with Crippen molar-refractivity contribution >= 4 is 5.91 Å². The lowest BCUT2D eigenvalue weighted by molar-refractivity contribution is -0.132. The highest BCUT2D eigenvalue weighted by atomic mass is 19.1. The van der Waals surface area contributed by atoms with Crippen LogP contribution in [0.25, 0.3) is 11.1 Å². The van der Waals surface area contributed by atoms with Gasteiger partial charge in [0.1, 0.15) is 5.82 Å². The quantitative estimate of drug-likeness (QED) is 0.945. The molecule has 5 heteroatoms. The summed E-state index contributed by atoms with van der Waals surface area (Å²) in [5.41, 5.74) is 2.29. The minimum Gasteiger partial charge on any atom is -0.342 e. The Labute approximate surface area is 129 Å². The molecular formula is C17H20FN3O. The zero-order valence-electron chi connectivity index (χ0n) is 12.7. The molecule has 0 spiro atoms. The zero-order chi connectivity index (χ0) is 15.5. The van der Waals surface area contributed by atoms with Crippen LogP contribution in [0.1, 0.15) is 37.8 Å². The van der Waals surface area contributed by atoms with E-state index < -0.39 is 0 Å². The van der Waals surface area contributed by atoms with Crippen LogP contribution in [0.3, 0.4) is 0 Å². The number of piperidine rings is 1. The molecule has 1 unspecified atom stereocenters. The van der Waals surface area contributed by atoms with E-state index in [1.807, 2.05) is 17.9 Å². The van der Waals surface area contributed by atoms with Gasteiger partial charge in [-0.25, -0.2) is 4.39 Å². The van der Waals surface area contributed by atoms with Crippen LogP contribution in [0.5, 0.6) is 0 Å². The number of nitrogens with one attached hydrogen (secondary N) is 1. The van der Waals surface area contributed by atoms with E-state index in [9.17, 15) is 9.18 Å². The SMILES string of the molecule is CCC(=O)N1CCCC(c2[nH]ncc2-c2ccccc2F)C1. The topological polar surface area (TPSA) is 49.0 Å². The Bertz CT molecular complexity index is 667. The highest BCUT2D eigenvalue weighted by Crippen LogP contribution is 2.34. The van der Waals surface area contributed by atoms with E-state index >= 15 is 0 Å². The van der Waals surface area contributed by atoms with Crippen molar-refractivity contribution in [1.29, 1.82) is 0 Å². The van der Waals surface area contributed by atoms with Gasteiger partial charge in [0.15, 0.2) is 0 Å². The lowest BCUT2D eigenvalue weighted by Crippen LogP contribution is -2.38. The summed E-state index contributed by atoms with van der Waals surface area (Å²) < 4.78 is 14.1. The van der Waals surface area contributed by atoms with Gasteiger partial charge in [0.2, 0.25) is 5.91 Å². The molecule has 1 aliphatic rings. The van der Waals surface area contributed by atoms with E-state index in [0.717, 1.165) is 30.6 Å². The molecule has 22 heavy (non-hydrogen) atoms. The smallest absolute Gasteiger partial charge is 0.222 e. The van der Waals surface area contributed by atoms with Gasteiger partial charge in [-0.2, -0.15) is 5.10 Å². The highest BCUT2D eigenvalue weighted by Gasteiger charge is 2.27. The molecule has 1 atom stereocenters. The summed E-state index contributed by atoms with van der Waals surface area (Å²) in [7, 11) is 0. The fraction of sp³-hybridized carbons (Fsp3) is 0.412. The third-order valence-electron chi connectivity index (χ3n) is 4.32. The molecule has 116 valence electrons. The van der Waals surface area contributed by atoms with Crippen LogP contribution in [-0.4, -0.2) is 34.1 Å². The first-order valence-electron chi connectivity index (χ1n) is 7.76. The van der Waals surface area contributed by atoms with Crippen molar-refractivity contribution in [1.82, 2.24) is 15.1 Å². The first-order chi connectivity index (χ1) is 10.7. The molecule has 1 fully saturated rings. The Morgan fingerprint density at radius 1 is 1.41 bits per heavy atom. The third-order valence-corrected chi connectivity index (χ3v) is 4.32. The van der Waals surface area contributed by atoms with E-state index in [4.69, 9.17) is 0 Å². The van der Waals surface area contributed by atoms with Crippen LogP contribution in [0.15, 0.2) is 30.5 Å². The molecule has 1 aromatic carbocycles. The van der Waals surface area contributed by atoms with Gasteiger partial charge in [-0.05, 0) is 18.9 Å². The Hall–Kier alpha value is -2.17. The summed E-state index contributed by atoms with van der Waals surface area (Å²) in [5, 5.41) is 7.13.